The van der Waals surface area contributed by atoms with Crippen LogP contribution in [0.15, 0.2) is 24.3 Å². The van der Waals surface area contributed by atoms with Gasteiger partial charge in [0.05, 0.1) is 0 Å². The lowest BCUT2D eigenvalue weighted by Gasteiger charge is -2.14. The Hall–Kier alpha value is -0.540. The second-order valence-electron chi connectivity index (χ2n) is 5.51. The van der Waals surface area contributed by atoms with E-state index in [9.17, 15) is 0 Å². The van der Waals surface area contributed by atoms with Crippen LogP contribution in [0.2, 0.25) is 0 Å². The number of fused-ring (bicyclic) bond motifs is 3. The van der Waals surface area contributed by atoms with Gasteiger partial charge >= 0.3 is 0 Å². The summed E-state index contributed by atoms with van der Waals surface area (Å²) < 4.78 is 2.50. The first kappa shape index (κ1) is 14.4. The average Bonchev–Trinajstić information content (AvgIpc) is 2.72. The highest BCUT2D eigenvalue weighted by atomic mass is 79.9. The largest absolute Gasteiger partial charge is 0.341 e. The molecule has 1 atom stereocenters. The van der Waals surface area contributed by atoms with Crippen LogP contribution in [0.5, 0.6) is 0 Å². The molecule has 0 saturated heterocycles. The molecule has 2 aromatic rings. The number of nitrogens with zero attached hydrogens (tertiary/aromatic N) is 1. The van der Waals surface area contributed by atoms with Gasteiger partial charge in [0.25, 0.3) is 0 Å². The first-order chi connectivity index (χ1) is 9.70. The summed E-state index contributed by atoms with van der Waals surface area (Å²) in [6, 6.07) is 6.85. The van der Waals surface area contributed by atoms with Gasteiger partial charge in [0, 0.05) is 33.3 Å². The van der Waals surface area contributed by atoms with E-state index < -0.39 is 0 Å². The van der Waals surface area contributed by atoms with Crippen LogP contribution in [0.1, 0.15) is 29.7 Å². The second-order valence-corrected chi connectivity index (χ2v) is 7.48. The van der Waals surface area contributed by atoms with Crippen molar-refractivity contribution in [3.05, 3.63) is 41.1 Å². The molecule has 1 aliphatic rings. The fourth-order valence-corrected chi connectivity index (χ4v) is 3.90. The number of alkyl halides is 2. The first-order valence-electron chi connectivity index (χ1n) is 7.20. The molecule has 1 aliphatic carbocycles. The van der Waals surface area contributed by atoms with E-state index in [-0.39, 0.29) is 0 Å². The summed E-state index contributed by atoms with van der Waals surface area (Å²) in [5.41, 5.74) is 5.66. The van der Waals surface area contributed by atoms with E-state index in [1.807, 2.05) is 0 Å². The van der Waals surface area contributed by atoms with E-state index in [1.54, 1.807) is 0 Å². The minimum atomic E-state index is 0.470. The van der Waals surface area contributed by atoms with E-state index in [0.717, 1.165) is 18.3 Å². The summed E-state index contributed by atoms with van der Waals surface area (Å²) in [4.78, 5) is 0.470. The maximum absolute atomic E-state index is 3.73. The van der Waals surface area contributed by atoms with Crippen LogP contribution in [-0.2, 0) is 13.0 Å². The predicted octanol–water partition coefficient (Wildman–Crippen LogP) is 5.46. The van der Waals surface area contributed by atoms with Gasteiger partial charge in [-0.25, -0.2) is 0 Å². The molecule has 20 heavy (non-hydrogen) atoms. The van der Waals surface area contributed by atoms with Gasteiger partial charge < -0.3 is 4.57 Å². The van der Waals surface area contributed by atoms with E-state index in [0.29, 0.717) is 4.83 Å². The maximum Gasteiger partial charge on any atom is 0.0488 e. The zero-order chi connectivity index (χ0) is 14.1. The molecule has 0 fully saturated rings. The number of aromatic nitrogens is 1. The zero-order valence-electron chi connectivity index (χ0n) is 11.7. The van der Waals surface area contributed by atoms with Crippen LogP contribution in [0, 0.1) is 6.92 Å². The molecule has 0 aliphatic heterocycles. The number of aryl methyl sites for hydroxylation is 2. The van der Waals surface area contributed by atoms with Crippen molar-refractivity contribution in [2.75, 3.05) is 5.33 Å². The van der Waals surface area contributed by atoms with Crippen molar-refractivity contribution >= 4 is 48.8 Å². The average molecular weight is 397 g/mol. The molecule has 0 N–H and O–H groups in total. The highest BCUT2D eigenvalue weighted by Gasteiger charge is 2.20. The Morgan fingerprint density at radius 1 is 1.30 bits per heavy atom. The second kappa shape index (κ2) is 6.07. The predicted molar refractivity (Wildman–Crippen MR) is 95.2 cm³/mol. The van der Waals surface area contributed by atoms with E-state index in [2.05, 4.69) is 73.7 Å². The number of hydrogen-bond donors (Lipinski definition) is 0. The van der Waals surface area contributed by atoms with Crippen molar-refractivity contribution in [2.45, 2.75) is 37.6 Å². The third-order valence-corrected chi connectivity index (χ3v) is 5.19. The van der Waals surface area contributed by atoms with Crippen LogP contribution in [0.3, 0.4) is 0 Å². The summed E-state index contributed by atoms with van der Waals surface area (Å²) >= 11 is 7.26. The molecule has 3 heteroatoms. The molecular weight excluding hydrogens is 378 g/mol. The lowest BCUT2D eigenvalue weighted by Crippen LogP contribution is -2.08. The van der Waals surface area contributed by atoms with E-state index >= 15 is 0 Å². The van der Waals surface area contributed by atoms with Gasteiger partial charge in [0.2, 0.25) is 0 Å². The Morgan fingerprint density at radius 3 is 2.95 bits per heavy atom. The molecule has 0 bridgehead atoms. The standard InChI is InChI=1S/C17H19Br2N/c1-12-4-6-16-14(10-12)15-11-13(19)5-7-17(15)20(16)9-3-2-8-18/h4-7,10,13H,2-3,8-9,11H2,1H3. The number of unbranched alkanes of at least 4 members (excludes halogenated alkanes) is 1. The van der Waals surface area contributed by atoms with Gasteiger partial charge in [0.1, 0.15) is 0 Å². The molecule has 1 heterocycles. The number of rotatable bonds is 4. The topological polar surface area (TPSA) is 4.93 Å². The Labute approximate surface area is 137 Å². The monoisotopic (exact) mass is 395 g/mol. The van der Waals surface area contributed by atoms with Crippen molar-refractivity contribution in [1.29, 1.82) is 0 Å². The minimum absolute atomic E-state index is 0.470. The van der Waals surface area contributed by atoms with Crippen molar-refractivity contribution < 1.29 is 0 Å². The van der Waals surface area contributed by atoms with Gasteiger partial charge in [0.15, 0.2) is 0 Å². The fourth-order valence-electron chi connectivity index (χ4n) is 3.03. The van der Waals surface area contributed by atoms with Gasteiger partial charge in [-0.15, -0.1) is 0 Å². The quantitative estimate of drug-likeness (QED) is 0.477. The van der Waals surface area contributed by atoms with Crippen molar-refractivity contribution in [3.63, 3.8) is 0 Å². The number of allylic oxidation sites excluding steroid dienone is 1. The molecule has 0 saturated carbocycles. The highest BCUT2D eigenvalue weighted by molar-refractivity contribution is 9.09. The molecule has 1 unspecified atom stereocenters. The molecular formula is C17H19Br2N. The smallest absolute Gasteiger partial charge is 0.0488 e. The molecule has 106 valence electrons. The summed E-state index contributed by atoms with van der Waals surface area (Å²) in [5, 5.41) is 2.53. The fraction of sp³-hybridized carbons (Fsp3) is 0.412. The third kappa shape index (κ3) is 2.62. The summed E-state index contributed by atoms with van der Waals surface area (Å²) in [7, 11) is 0. The van der Waals surface area contributed by atoms with Crippen molar-refractivity contribution in [1.82, 2.24) is 4.57 Å². The molecule has 1 aromatic heterocycles. The first-order valence-corrected chi connectivity index (χ1v) is 9.24. The Bertz CT molecular complexity index is 655. The Balaban J connectivity index is 2.11. The molecule has 0 spiro atoms. The molecule has 3 rings (SSSR count). The van der Waals surface area contributed by atoms with Gasteiger partial charge in [-0.3, -0.25) is 0 Å². The summed E-state index contributed by atoms with van der Waals surface area (Å²) in [6.45, 7) is 3.29. The molecule has 0 amide bonds. The Kier molecular flexibility index (Phi) is 4.37. The normalized spacial score (nSPS) is 17.6. The van der Waals surface area contributed by atoms with Gasteiger partial charge in [-0.2, -0.15) is 0 Å². The lowest BCUT2D eigenvalue weighted by atomic mass is 10.00. The minimum Gasteiger partial charge on any atom is -0.341 e. The van der Waals surface area contributed by atoms with Crippen LogP contribution in [0.4, 0.5) is 0 Å². The number of halogens is 2. The van der Waals surface area contributed by atoms with E-state index in [4.69, 9.17) is 0 Å². The van der Waals surface area contributed by atoms with E-state index in [1.165, 1.54) is 40.6 Å². The Morgan fingerprint density at radius 2 is 2.15 bits per heavy atom. The van der Waals surface area contributed by atoms with Crippen LogP contribution in [0.25, 0.3) is 17.0 Å². The third-order valence-electron chi connectivity index (χ3n) is 4.00. The lowest BCUT2D eigenvalue weighted by molar-refractivity contribution is 0.648. The van der Waals surface area contributed by atoms with Crippen molar-refractivity contribution in [3.8, 4) is 0 Å². The molecule has 1 aromatic carbocycles. The van der Waals surface area contributed by atoms with Gasteiger partial charge in [-0.1, -0.05) is 49.6 Å². The summed E-state index contributed by atoms with van der Waals surface area (Å²) in [6.07, 6.45) is 8.11. The van der Waals surface area contributed by atoms with Crippen molar-refractivity contribution in [2.24, 2.45) is 0 Å². The molecule has 1 nitrogen and oxygen atoms in total. The van der Waals surface area contributed by atoms with Crippen LogP contribution >= 0.6 is 31.9 Å². The van der Waals surface area contributed by atoms with Crippen LogP contribution < -0.4 is 0 Å². The number of benzene rings is 1. The van der Waals surface area contributed by atoms with Gasteiger partial charge in [-0.05, 0) is 50.0 Å². The summed E-state index contributed by atoms with van der Waals surface area (Å²) in [5.74, 6) is 0. The molecule has 0 radical (unpaired) electrons. The zero-order valence-corrected chi connectivity index (χ0v) is 14.9. The number of hydrogen-bond acceptors (Lipinski definition) is 0. The SMILES string of the molecule is Cc1ccc2c(c1)c1c(n2CCCCBr)C=CC(Br)C1. The van der Waals surface area contributed by atoms with Crippen LogP contribution in [-0.4, -0.2) is 14.7 Å². The maximum atomic E-state index is 3.73. The highest BCUT2D eigenvalue weighted by Crippen LogP contribution is 2.33.